The molecule has 2 heterocycles. The number of hydrogen-bond acceptors (Lipinski definition) is 3. The molecule has 4 rings (SSSR count). The third-order valence-electron chi connectivity index (χ3n) is 4.81. The number of allylic oxidation sites excluding steroid dienone is 1. The van der Waals surface area contributed by atoms with Gasteiger partial charge in [0.2, 0.25) is 0 Å². The van der Waals surface area contributed by atoms with E-state index in [1.165, 1.54) is 6.07 Å². The van der Waals surface area contributed by atoms with Gasteiger partial charge in [-0.2, -0.15) is 5.10 Å². The van der Waals surface area contributed by atoms with Gasteiger partial charge in [0.15, 0.2) is 4.77 Å². The average molecular weight is 362 g/mol. The van der Waals surface area contributed by atoms with Gasteiger partial charge in [-0.15, -0.1) is 6.58 Å². The zero-order valence-corrected chi connectivity index (χ0v) is 14.7. The number of aromatic nitrogens is 3. The Morgan fingerprint density at radius 1 is 1.32 bits per heavy atom. The van der Waals surface area contributed by atoms with Crippen molar-refractivity contribution in [3.8, 4) is 0 Å². The maximum absolute atomic E-state index is 14.4. The van der Waals surface area contributed by atoms with Crippen molar-refractivity contribution < 1.29 is 8.78 Å². The largest absolute Gasteiger partial charge is 0.349 e. The molecule has 2 aromatic rings. The van der Waals surface area contributed by atoms with E-state index >= 15 is 0 Å². The van der Waals surface area contributed by atoms with E-state index < -0.39 is 11.6 Å². The Balaban J connectivity index is 1.69. The SMILES string of the molecule is C=CCn1c(C2CC2)nn(CN2CCCc3cc(F)cc(F)c32)c1=S. The number of hydrogen-bond donors (Lipinski definition) is 0. The van der Waals surface area contributed by atoms with Gasteiger partial charge in [0.1, 0.15) is 24.1 Å². The van der Waals surface area contributed by atoms with E-state index in [0.29, 0.717) is 48.1 Å². The third-order valence-corrected chi connectivity index (χ3v) is 5.24. The molecule has 25 heavy (non-hydrogen) atoms. The molecule has 1 aromatic carbocycles. The van der Waals surface area contributed by atoms with E-state index in [-0.39, 0.29) is 0 Å². The summed E-state index contributed by atoms with van der Waals surface area (Å²) in [6.45, 7) is 5.49. The van der Waals surface area contributed by atoms with Crippen molar-refractivity contribution in [1.82, 2.24) is 14.3 Å². The van der Waals surface area contributed by atoms with Crippen molar-refractivity contribution in [2.24, 2.45) is 0 Å². The summed E-state index contributed by atoms with van der Waals surface area (Å²) in [7, 11) is 0. The molecule has 1 aromatic heterocycles. The Bertz CT molecular complexity index is 882. The van der Waals surface area contributed by atoms with Crippen LogP contribution in [0, 0.1) is 16.4 Å². The summed E-state index contributed by atoms with van der Waals surface area (Å²) in [6.07, 6.45) is 5.61. The van der Waals surface area contributed by atoms with Crippen LogP contribution in [0.3, 0.4) is 0 Å². The van der Waals surface area contributed by atoms with Gasteiger partial charge < -0.3 is 4.90 Å². The topological polar surface area (TPSA) is 26.0 Å². The lowest BCUT2D eigenvalue weighted by Crippen LogP contribution is -2.33. The standard InChI is InChI=1S/C18H20F2N4S/c1-2-7-23-17(12-5-6-12)21-24(18(23)25)11-22-8-3-4-13-9-14(19)10-15(20)16(13)22/h2,9-10,12H,1,3-8,11H2. The van der Waals surface area contributed by atoms with Crippen LogP contribution in [0.15, 0.2) is 24.8 Å². The van der Waals surface area contributed by atoms with Gasteiger partial charge in [-0.1, -0.05) is 6.08 Å². The van der Waals surface area contributed by atoms with E-state index in [9.17, 15) is 8.78 Å². The monoisotopic (exact) mass is 362 g/mol. The van der Waals surface area contributed by atoms with Crippen LogP contribution in [-0.2, 0) is 19.6 Å². The first-order valence-electron chi connectivity index (χ1n) is 8.59. The molecule has 0 bridgehead atoms. The molecular weight excluding hydrogens is 342 g/mol. The first-order chi connectivity index (χ1) is 12.1. The molecule has 0 unspecified atom stereocenters. The van der Waals surface area contributed by atoms with Crippen LogP contribution >= 0.6 is 12.2 Å². The highest BCUT2D eigenvalue weighted by Gasteiger charge is 2.30. The van der Waals surface area contributed by atoms with Crippen LogP contribution in [0.2, 0.25) is 0 Å². The van der Waals surface area contributed by atoms with Crippen LogP contribution in [0.5, 0.6) is 0 Å². The Kier molecular flexibility index (Phi) is 4.19. The second kappa shape index (κ2) is 6.37. The van der Waals surface area contributed by atoms with Gasteiger partial charge in [-0.25, -0.2) is 13.5 Å². The summed E-state index contributed by atoms with van der Waals surface area (Å²) in [5.74, 6) is 0.402. The molecule has 0 spiro atoms. The lowest BCUT2D eigenvalue weighted by Gasteiger charge is -2.31. The molecule has 0 atom stereocenters. The molecule has 1 fully saturated rings. The van der Waals surface area contributed by atoms with E-state index in [0.717, 1.165) is 31.2 Å². The number of benzene rings is 1. The lowest BCUT2D eigenvalue weighted by atomic mass is 10.0. The van der Waals surface area contributed by atoms with Crippen LogP contribution in [0.4, 0.5) is 14.5 Å². The van der Waals surface area contributed by atoms with Crippen LogP contribution in [0.1, 0.15) is 36.6 Å². The van der Waals surface area contributed by atoms with Gasteiger partial charge in [-0.3, -0.25) is 4.57 Å². The fourth-order valence-electron chi connectivity index (χ4n) is 3.53. The highest BCUT2D eigenvalue weighted by atomic mass is 32.1. The molecule has 2 aliphatic rings. The number of aryl methyl sites for hydroxylation is 1. The fraction of sp³-hybridized carbons (Fsp3) is 0.444. The summed E-state index contributed by atoms with van der Waals surface area (Å²) in [4.78, 5) is 1.91. The minimum absolute atomic E-state index is 0.373. The first kappa shape index (κ1) is 16.4. The van der Waals surface area contributed by atoms with Gasteiger partial charge in [0.05, 0.1) is 5.69 Å². The van der Waals surface area contributed by atoms with E-state index in [1.807, 2.05) is 15.5 Å². The molecule has 0 radical (unpaired) electrons. The van der Waals surface area contributed by atoms with Gasteiger partial charge in [0, 0.05) is 25.1 Å². The Morgan fingerprint density at radius 2 is 2.12 bits per heavy atom. The Labute approximate surface area is 150 Å². The highest BCUT2D eigenvalue weighted by Crippen LogP contribution is 2.39. The molecule has 0 N–H and O–H groups in total. The summed E-state index contributed by atoms with van der Waals surface area (Å²) in [5.41, 5.74) is 1.18. The number of rotatable bonds is 5. The second-order valence-electron chi connectivity index (χ2n) is 6.72. The zero-order chi connectivity index (χ0) is 17.6. The van der Waals surface area contributed by atoms with Crippen molar-refractivity contribution in [3.63, 3.8) is 0 Å². The van der Waals surface area contributed by atoms with Crippen molar-refractivity contribution in [3.05, 3.63) is 52.6 Å². The molecule has 1 aliphatic heterocycles. The molecule has 1 saturated carbocycles. The molecular formula is C18H20F2N4S. The van der Waals surface area contributed by atoms with E-state index in [2.05, 4.69) is 6.58 Å². The maximum Gasteiger partial charge on any atom is 0.199 e. The van der Waals surface area contributed by atoms with Crippen LogP contribution in [0.25, 0.3) is 0 Å². The Morgan fingerprint density at radius 3 is 2.84 bits per heavy atom. The quantitative estimate of drug-likeness (QED) is 0.590. The summed E-state index contributed by atoms with van der Waals surface area (Å²) in [6, 6.07) is 2.37. The predicted molar refractivity (Wildman–Crippen MR) is 95.2 cm³/mol. The number of anilines is 1. The number of nitrogens with zero attached hydrogens (tertiary/aromatic N) is 4. The summed E-state index contributed by atoms with van der Waals surface area (Å²) < 4.78 is 32.3. The van der Waals surface area contributed by atoms with Crippen molar-refractivity contribution in [2.75, 3.05) is 11.4 Å². The molecule has 7 heteroatoms. The predicted octanol–water partition coefficient (Wildman–Crippen LogP) is 4.17. The summed E-state index contributed by atoms with van der Waals surface area (Å²) in [5, 5.41) is 4.69. The van der Waals surface area contributed by atoms with Crippen LogP contribution < -0.4 is 4.90 Å². The smallest absolute Gasteiger partial charge is 0.199 e. The number of fused-ring (bicyclic) bond motifs is 1. The molecule has 4 nitrogen and oxygen atoms in total. The molecule has 0 amide bonds. The van der Waals surface area contributed by atoms with Crippen molar-refractivity contribution in [1.29, 1.82) is 0 Å². The highest BCUT2D eigenvalue weighted by molar-refractivity contribution is 7.71. The van der Waals surface area contributed by atoms with E-state index in [4.69, 9.17) is 17.3 Å². The fourth-order valence-corrected chi connectivity index (χ4v) is 3.80. The Hall–Kier alpha value is -2.02. The molecule has 1 aliphatic carbocycles. The third kappa shape index (κ3) is 3.01. The van der Waals surface area contributed by atoms with Crippen molar-refractivity contribution >= 4 is 17.9 Å². The summed E-state index contributed by atoms with van der Waals surface area (Å²) >= 11 is 5.58. The van der Waals surface area contributed by atoms with Crippen molar-refractivity contribution in [2.45, 2.75) is 44.8 Å². The molecule has 132 valence electrons. The maximum atomic E-state index is 14.4. The zero-order valence-electron chi connectivity index (χ0n) is 13.9. The average Bonchev–Trinajstić information content (AvgIpc) is 3.36. The van der Waals surface area contributed by atoms with Gasteiger partial charge in [-0.05, 0) is 49.5 Å². The van der Waals surface area contributed by atoms with Gasteiger partial charge in [0.25, 0.3) is 0 Å². The lowest BCUT2D eigenvalue weighted by molar-refractivity contribution is 0.514. The minimum Gasteiger partial charge on any atom is -0.349 e. The second-order valence-corrected chi connectivity index (χ2v) is 7.08. The minimum atomic E-state index is -0.527. The number of halogens is 2. The van der Waals surface area contributed by atoms with Gasteiger partial charge >= 0.3 is 0 Å². The normalized spacial score (nSPS) is 16.8. The van der Waals surface area contributed by atoms with Crippen LogP contribution in [-0.4, -0.2) is 20.9 Å². The van der Waals surface area contributed by atoms with E-state index in [1.54, 1.807) is 4.68 Å². The first-order valence-corrected chi connectivity index (χ1v) is 9.00. The molecule has 0 saturated heterocycles.